The summed E-state index contributed by atoms with van der Waals surface area (Å²) in [6.45, 7) is 4.02. The SMILES string of the molecule is CNC(C)(CCCN=C(N)N)C(C)=O. The van der Waals surface area contributed by atoms with E-state index in [1.165, 1.54) is 0 Å². The number of hydrogen-bond acceptors (Lipinski definition) is 3. The first kappa shape index (κ1) is 12.9. The van der Waals surface area contributed by atoms with Gasteiger partial charge in [0, 0.05) is 6.54 Å². The largest absolute Gasteiger partial charge is 0.370 e. The van der Waals surface area contributed by atoms with Crippen LogP contribution in [0.2, 0.25) is 0 Å². The standard InChI is InChI=1S/C9H20N4O/c1-7(14)9(2,12-3)5-4-6-13-8(10)11/h12H,4-6H2,1-3H3,(H4,10,11,13). The van der Waals surface area contributed by atoms with Crippen molar-refractivity contribution in [3.8, 4) is 0 Å². The third kappa shape index (κ3) is 4.23. The maximum Gasteiger partial charge on any atom is 0.185 e. The molecule has 0 saturated heterocycles. The highest BCUT2D eigenvalue weighted by Crippen LogP contribution is 2.12. The molecular formula is C9H20N4O. The average molecular weight is 200 g/mol. The zero-order chi connectivity index (χ0) is 11.2. The van der Waals surface area contributed by atoms with Crippen LogP contribution in [0, 0.1) is 0 Å². The summed E-state index contributed by atoms with van der Waals surface area (Å²) in [7, 11) is 1.78. The van der Waals surface area contributed by atoms with Crippen LogP contribution in [-0.2, 0) is 4.79 Å². The number of ketones is 1. The molecule has 1 atom stereocenters. The van der Waals surface area contributed by atoms with Crippen LogP contribution in [0.3, 0.4) is 0 Å². The van der Waals surface area contributed by atoms with Gasteiger partial charge in [0.15, 0.2) is 5.96 Å². The molecule has 0 rings (SSSR count). The number of hydrogen-bond donors (Lipinski definition) is 3. The van der Waals surface area contributed by atoms with E-state index in [4.69, 9.17) is 11.5 Å². The molecule has 0 aliphatic carbocycles. The van der Waals surface area contributed by atoms with E-state index in [0.29, 0.717) is 6.54 Å². The average Bonchev–Trinajstić information content (AvgIpc) is 2.11. The highest BCUT2D eigenvalue weighted by atomic mass is 16.1. The maximum absolute atomic E-state index is 11.3. The predicted molar refractivity (Wildman–Crippen MR) is 58.1 cm³/mol. The summed E-state index contributed by atoms with van der Waals surface area (Å²) in [6, 6.07) is 0. The summed E-state index contributed by atoms with van der Waals surface area (Å²) < 4.78 is 0. The zero-order valence-corrected chi connectivity index (χ0v) is 9.13. The minimum absolute atomic E-state index is 0.0963. The quantitative estimate of drug-likeness (QED) is 0.309. The molecule has 0 heterocycles. The minimum atomic E-state index is -0.459. The molecule has 5 nitrogen and oxygen atoms in total. The van der Waals surface area contributed by atoms with E-state index >= 15 is 0 Å². The summed E-state index contributed by atoms with van der Waals surface area (Å²) in [5.74, 6) is 0.226. The molecule has 5 N–H and O–H groups in total. The number of aliphatic imine (C=N–C) groups is 1. The highest BCUT2D eigenvalue weighted by molar-refractivity contribution is 5.85. The van der Waals surface area contributed by atoms with Gasteiger partial charge in [0.05, 0.1) is 5.54 Å². The molecule has 0 fully saturated rings. The van der Waals surface area contributed by atoms with Crippen molar-refractivity contribution in [1.29, 1.82) is 0 Å². The molecule has 0 aliphatic heterocycles. The topological polar surface area (TPSA) is 93.5 Å². The van der Waals surface area contributed by atoms with Gasteiger partial charge in [0.1, 0.15) is 5.78 Å². The molecule has 1 unspecified atom stereocenters. The van der Waals surface area contributed by atoms with Gasteiger partial charge in [0.25, 0.3) is 0 Å². The van der Waals surface area contributed by atoms with Gasteiger partial charge in [-0.3, -0.25) is 9.79 Å². The fourth-order valence-corrected chi connectivity index (χ4v) is 1.12. The predicted octanol–water partition coefficient (Wildman–Crippen LogP) is -0.393. The van der Waals surface area contributed by atoms with Crippen molar-refractivity contribution < 1.29 is 4.79 Å². The number of carbonyl (C=O) groups excluding carboxylic acids is 1. The van der Waals surface area contributed by atoms with E-state index in [1.807, 2.05) is 6.92 Å². The van der Waals surface area contributed by atoms with Gasteiger partial charge >= 0.3 is 0 Å². The van der Waals surface area contributed by atoms with Gasteiger partial charge in [-0.25, -0.2) is 0 Å². The van der Waals surface area contributed by atoms with E-state index in [1.54, 1.807) is 14.0 Å². The molecule has 5 heteroatoms. The number of Topliss-reactive ketones (excluding diaryl/α,β-unsaturated/α-hetero) is 1. The van der Waals surface area contributed by atoms with Crippen LogP contribution < -0.4 is 16.8 Å². The van der Waals surface area contributed by atoms with Crippen molar-refractivity contribution in [2.45, 2.75) is 32.2 Å². The second-order valence-electron chi connectivity index (χ2n) is 3.55. The van der Waals surface area contributed by atoms with Gasteiger partial charge in [-0.05, 0) is 33.7 Å². The molecule has 0 aromatic heterocycles. The molecule has 0 aromatic rings. The number of nitrogens with zero attached hydrogens (tertiary/aromatic N) is 1. The Morgan fingerprint density at radius 1 is 1.50 bits per heavy atom. The lowest BCUT2D eigenvalue weighted by Gasteiger charge is -2.25. The highest BCUT2D eigenvalue weighted by Gasteiger charge is 2.26. The molecule has 0 radical (unpaired) electrons. The molecule has 0 amide bonds. The summed E-state index contributed by atoms with van der Waals surface area (Å²) in [5, 5.41) is 3.01. The van der Waals surface area contributed by atoms with Crippen LogP contribution in [0.15, 0.2) is 4.99 Å². The summed E-state index contributed by atoms with van der Waals surface area (Å²) >= 11 is 0. The molecule has 0 aliphatic rings. The Labute approximate surface area is 84.9 Å². The Hall–Kier alpha value is -1.10. The van der Waals surface area contributed by atoms with Crippen LogP contribution in [0.1, 0.15) is 26.7 Å². The molecule has 0 bridgehead atoms. The van der Waals surface area contributed by atoms with Crippen LogP contribution in [0.5, 0.6) is 0 Å². The van der Waals surface area contributed by atoms with Gasteiger partial charge in [-0.1, -0.05) is 0 Å². The van der Waals surface area contributed by atoms with Crippen LogP contribution in [0.25, 0.3) is 0 Å². The van der Waals surface area contributed by atoms with Gasteiger partial charge in [0.2, 0.25) is 0 Å². The number of nitrogens with two attached hydrogens (primary N) is 2. The monoisotopic (exact) mass is 200 g/mol. The van der Waals surface area contributed by atoms with Crippen molar-refractivity contribution in [3.05, 3.63) is 0 Å². The molecule has 0 spiro atoms. The van der Waals surface area contributed by atoms with Crippen molar-refractivity contribution in [2.24, 2.45) is 16.5 Å². The second kappa shape index (κ2) is 5.59. The second-order valence-corrected chi connectivity index (χ2v) is 3.55. The Morgan fingerprint density at radius 2 is 2.07 bits per heavy atom. The molecule has 82 valence electrons. The van der Waals surface area contributed by atoms with Crippen LogP contribution in [0.4, 0.5) is 0 Å². The van der Waals surface area contributed by atoms with Crippen molar-refractivity contribution >= 4 is 11.7 Å². The van der Waals surface area contributed by atoms with Crippen molar-refractivity contribution in [3.63, 3.8) is 0 Å². The smallest absolute Gasteiger partial charge is 0.185 e. The van der Waals surface area contributed by atoms with Gasteiger partial charge in [-0.2, -0.15) is 0 Å². The normalized spacial score (nSPS) is 14.5. The molecule has 14 heavy (non-hydrogen) atoms. The first-order chi connectivity index (χ1) is 6.42. The third-order valence-electron chi connectivity index (χ3n) is 2.46. The first-order valence-electron chi connectivity index (χ1n) is 4.67. The van der Waals surface area contributed by atoms with Crippen LogP contribution in [-0.4, -0.2) is 30.9 Å². The summed E-state index contributed by atoms with van der Waals surface area (Å²) in [5.41, 5.74) is 9.90. The van der Waals surface area contributed by atoms with E-state index in [2.05, 4.69) is 10.3 Å². The Bertz CT molecular complexity index is 223. The maximum atomic E-state index is 11.3. The molecular weight excluding hydrogens is 180 g/mol. The number of carbonyl (C=O) groups is 1. The number of nitrogens with one attached hydrogen (secondary N) is 1. The lowest BCUT2D eigenvalue weighted by molar-refractivity contribution is -0.122. The van der Waals surface area contributed by atoms with Crippen LogP contribution >= 0.6 is 0 Å². The van der Waals surface area contributed by atoms with Gasteiger partial charge in [-0.15, -0.1) is 0 Å². The van der Waals surface area contributed by atoms with Crippen molar-refractivity contribution in [1.82, 2.24) is 5.32 Å². The number of likely N-dealkylation sites (N-methyl/N-ethyl adjacent to an activating group) is 1. The fraction of sp³-hybridized carbons (Fsp3) is 0.778. The zero-order valence-electron chi connectivity index (χ0n) is 9.13. The molecule has 0 aromatic carbocycles. The fourth-order valence-electron chi connectivity index (χ4n) is 1.12. The lowest BCUT2D eigenvalue weighted by Crippen LogP contribution is -2.46. The van der Waals surface area contributed by atoms with E-state index in [0.717, 1.165) is 12.8 Å². The first-order valence-corrected chi connectivity index (χ1v) is 4.67. The summed E-state index contributed by atoms with van der Waals surface area (Å²) in [6.07, 6.45) is 1.52. The number of rotatable bonds is 6. The van der Waals surface area contributed by atoms with Crippen molar-refractivity contribution in [2.75, 3.05) is 13.6 Å². The number of guanidine groups is 1. The Balaban J connectivity index is 3.97. The molecule has 0 saturated carbocycles. The summed E-state index contributed by atoms with van der Waals surface area (Å²) in [4.78, 5) is 15.1. The Morgan fingerprint density at radius 3 is 2.43 bits per heavy atom. The van der Waals surface area contributed by atoms with E-state index in [9.17, 15) is 4.79 Å². The third-order valence-corrected chi connectivity index (χ3v) is 2.46. The Kier molecular flexibility index (Phi) is 5.15. The minimum Gasteiger partial charge on any atom is -0.370 e. The van der Waals surface area contributed by atoms with E-state index < -0.39 is 5.54 Å². The van der Waals surface area contributed by atoms with Gasteiger partial charge < -0.3 is 16.8 Å². The lowest BCUT2D eigenvalue weighted by atomic mass is 9.92. The van der Waals surface area contributed by atoms with E-state index in [-0.39, 0.29) is 11.7 Å².